The van der Waals surface area contributed by atoms with Crippen molar-refractivity contribution in [3.8, 4) is 17.2 Å². The fourth-order valence-electron chi connectivity index (χ4n) is 2.90. The van der Waals surface area contributed by atoms with Crippen molar-refractivity contribution < 1.29 is 27.6 Å². The van der Waals surface area contributed by atoms with Gasteiger partial charge in [0.05, 0.1) is 0 Å². The van der Waals surface area contributed by atoms with Gasteiger partial charge in [0.25, 0.3) is 5.91 Å². The molecule has 9 heteroatoms. The van der Waals surface area contributed by atoms with E-state index in [1.807, 2.05) is 0 Å². The molecule has 6 nitrogen and oxygen atoms in total. The number of hydrogen-bond acceptors (Lipinski definition) is 4. The number of aromatic hydroxyl groups is 1. The number of nitrogens with zero attached hydrogens (tertiary/aromatic N) is 3. The lowest BCUT2D eigenvalue weighted by Crippen LogP contribution is -2.22. The molecule has 1 atom stereocenters. The molecule has 0 aliphatic heterocycles. The summed E-state index contributed by atoms with van der Waals surface area (Å²) in [6, 6.07) is 2.85. The normalized spacial score (nSPS) is 13.1. The number of fused-ring (bicyclic) bond motifs is 1. The third-order valence-corrected chi connectivity index (χ3v) is 4.42. The maximum atomic E-state index is 13.0. The van der Waals surface area contributed by atoms with Gasteiger partial charge in [-0.1, -0.05) is 5.16 Å². The first kappa shape index (κ1) is 18.8. The molecule has 2 aromatic heterocycles. The molecule has 27 heavy (non-hydrogen) atoms. The van der Waals surface area contributed by atoms with E-state index in [4.69, 9.17) is 4.52 Å². The third-order valence-electron chi connectivity index (χ3n) is 4.42. The molecule has 0 aliphatic rings. The van der Waals surface area contributed by atoms with Gasteiger partial charge in [-0.3, -0.25) is 4.79 Å². The average molecular weight is 381 g/mol. The fraction of sp³-hybridized carbons (Fsp3) is 0.333. The van der Waals surface area contributed by atoms with E-state index >= 15 is 0 Å². The number of aryl methyl sites for hydroxylation is 1. The molecule has 0 saturated heterocycles. The lowest BCUT2D eigenvalue weighted by Gasteiger charge is -2.18. The highest BCUT2D eigenvalue weighted by Gasteiger charge is 2.38. The molecule has 1 aromatic carbocycles. The van der Waals surface area contributed by atoms with Crippen molar-refractivity contribution in [2.75, 3.05) is 14.1 Å². The van der Waals surface area contributed by atoms with Crippen LogP contribution in [0.2, 0.25) is 0 Å². The van der Waals surface area contributed by atoms with Crippen molar-refractivity contribution in [1.82, 2.24) is 14.6 Å². The molecule has 0 bridgehead atoms. The zero-order valence-corrected chi connectivity index (χ0v) is 15.1. The van der Waals surface area contributed by atoms with Crippen LogP contribution in [0.25, 0.3) is 22.1 Å². The van der Waals surface area contributed by atoms with Gasteiger partial charge in [0.15, 0.2) is 17.3 Å². The standard InChI is InChI=1S/C18H18F3N3O3/c1-9-5-11(14-7-13(22-27-14)16(25)23(3)4)6-12-8-24(17(26)15(9)12)10(2)18(19,20)21/h5-8,10,26H,1-4H3/t10-/m0/s1. The lowest BCUT2D eigenvalue weighted by molar-refractivity contribution is -0.163. The number of carbonyl (C=O) groups is 1. The number of alkyl halides is 3. The Morgan fingerprint density at radius 2 is 1.96 bits per heavy atom. The van der Waals surface area contributed by atoms with Gasteiger partial charge in [-0.05, 0) is 31.5 Å². The maximum Gasteiger partial charge on any atom is 0.408 e. The molecule has 144 valence electrons. The number of rotatable bonds is 3. The van der Waals surface area contributed by atoms with Crippen LogP contribution in [0.4, 0.5) is 13.2 Å². The van der Waals surface area contributed by atoms with Crippen LogP contribution in [0.15, 0.2) is 28.9 Å². The molecule has 1 N–H and O–H groups in total. The van der Waals surface area contributed by atoms with Gasteiger partial charge in [0.2, 0.25) is 0 Å². The van der Waals surface area contributed by atoms with E-state index in [9.17, 15) is 23.1 Å². The monoisotopic (exact) mass is 381 g/mol. The van der Waals surface area contributed by atoms with Gasteiger partial charge >= 0.3 is 6.18 Å². The molecule has 0 spiro atoms. The van der Waals surface area contributed by atoms with Gasteiger partial charge in [0.1, 0.15) is 6.04 Å². The predicted molar refractivity (Wildman–Crippen MR) is 92.6 cm³/mol. The topological polar surface area (TPSA) is 71.5 Å². The molecule has 3 rings (SSSR count). The van der Waals surface area contributed by atoms with E-state index in [-0.39, 0.29) is 11.6 Å². The van der Waals surface area contributed by atoms with Crippen molar-refractivity contribution in [3.05, 3.63) is 35.7 Å². The zero-order valence-electron chi connectivity index (χ0n) is 15.1. The van der Waals surface area contributed by atoms with E-state index in [1.165, 1.54) is 17.2 Å². The Hall–Kier alpha value is -2.97. The van der Waals surface area contributed by atoms with Crippen LogP contribution >= 0.6 is 0 Å². The highest BCUT2D eigenvalue weighted by atomic mass is 19.4. The smallest absolute Gasteiger partial charge is 0.408 e. The summed E-state index contributed by atoms with van der Waals surface area (Å²) in [5, 5.41) is 14.8. The first-order chi connectivity index (χ1) is 12.5. The van der Waals surface area contributed by atoms with Crippen LogP contribution < -0.4 is 0 Å². The van der Waals surface area contributed by atoms with Crippen LogP contribution in [0.1, 0.15) is 29.0 Å². The second-order valence-corrected chi connectivity index (χ2v) is 6.61. The van der Waals surface area contributed by atoms with Gasteiger partial charge < -0.3 is 19.1 Å². The highest BCUT2D eigenvalue weighted by Crippen LogP contribution is 2.40. The second-order valence-electron chi connectivity index (χ2n) is 6.61. The van der Waals surface area contributed by atoms with Gasteiger partial charge in [-0.2, -0.15) is 13.2 Å². The summed E-state index contributed by atoms with van der Waals surface area (Å²) >= 11 is 0. The molecule has 0 saturated carbocycles. The molecular weight excluding hydrogens is 363 g/mol. The molecule has 1 amide bonds. The Morgan fingerprint density at radius 3 is 2.56 bits per heavy atom. The molecule has 2 heterocycles. The minimum atomic E-state index is -4.49. The van der Waals surface area contributed by atoms with E-state index in [0.29, 0.717) is 27.7 Å². The zero-order chi connectivity index (χ0) is 20.1. The lowest BCUT2D eigenvalue weighted by atomic mass is 10.0. The van der Waals surface area contributed by atoms with E-state index in [0.717, 1.165) is 11.5 Å². The van der Waals surface area contributed by atoms with E-state index < -0.39 is 18.1 Å². The largest absolute Gasteiger partial charge is 0.494 e. The quantitative estimate of drug-likeness (QED) is 0.740. The van der Waals surface area contributed by atoms with Crippen molar-refractivity contribution >= 4 is 16.7 Å². The van der Waals surface area contributed by atoms with E-state index in [2.05, 4.69) is 5.16 Å². The van der Waals surface area contributed by atoms with E-state index in [1.54, 1.807) is 33.2 Å². The van der Waals surface area contributed by atoms with Gasteiger partial charge in [-0.15, -0.1) is 0 Å². The highest BCUT2D eigenvalue weighted by molar-refractivity contribution is 5.95. The molecule has 0 aliphatic carbocycles. The number of carbonyl (C=O) groups excluding carboxylic acids is 1. The first-order valence-corrected chi connectivity index (χ1v) is 8.10. The molecule has 0 fully saturated rings. The fourth-order valence-corrected chi connectivity index (χ4v) is 2.90. The Bertz CT molecular complexity index is 1020. The first-order valence-electron chi connectivity index (χ1n) is 8.10. The number of hydrogen-bond donors (Lipinski definition) is 1. The molecular formula is C18H18F3N3O3. The summed E-state index contributed by atoms with van der Waals surface area (Å²) < 4.78 is 45.1. The van der Waals surface area contributed by atoms with Crippen LogP contribution in [0, 0.1) is 6.92 Å². The summed E-state index contributed by atoms with van der Waals surface area (Å²) in [7, 11) is 3.17. The van der Waals surface area contributed by atoms with Crippen LogP contribution in [-0.4, -0.2) is 45.9 Å². The minimum absolute atomic E-state index is 0.124. The van der Waals surface area contributed by atoms with Crippen molar-refractivity contribution in [3.63, 3.8) is 0 Å². The van der Waals surface area contributed by atoms with Gasteiger partial charge in [-0.25, -0.2) is 0 Å². The summed E-state index contributed by atoms with van der Waals surface area (Å²) in [6.45, 7) is 2.65. The average Bonchev–Trinajstić information content (AvgIpc) is 3.17. The van der Waals surface area contributed by atoms with Crippen molar-refractivity contribution in [2.24, 2.45) is 0 Å². The Labute approximate surface area is 152 Å². The summed E-state index contributed by atoms with van der Waals surface area (Å²) in [5.41, 5.74) is 1.24. The number of amides is 1. The summed E-state index contributed by atoms with van der Waals surface area (Å²) in [4.78, 5) is 13.3. The Morgan fingerprint density at radius 1 is 1.30 bits per heavy atom. The molecule has 0 unspecified atom stereocenters. The SMILES string of the molecule is Cc1cc(-c2cc(C(=O)N(C)C)no2)cc2cn([C@@H](C)C(F)(F)F)c(O)c12. The molecule has 0 radical (unpaired) electrons. The maximum absolute atomic E-state index is 13.0. The third kappa shape index (κ3) is 3.24. The van der Waals surface area contributed by atoms with Crippen molar-refractivity contribution in [1.29, 1.82) is 0 Å². The number of aromatic nitrogens is 2. The van der Waals surface area contributed by atoms with Gasteiger partial charge in [0, 0.05) is 42.7 Å². The molecule has 3 aromatic rings. The number of benzene rings is 1. The van der Waals surface area contributed by atoms with Crippen LogP contribution in [0.5, 0.6) is 5.88 Å². The summed E-state index contributed by atoms with van der Waals surface area (Å²) in [6.07, 6.45) is -3.24. The Balaban J connectivity index is 2.09. The Kier molecular flexibility index (Phi) is 4.41. The number of halogens is 3. The second kappa shape index (κ2) is 6.33. The predicted octanol–water partition coefficient (Wildman–Crippen LogP) is 4.14. The minimum Gasteiger partial charge on any atom is -0.494 e. The van der Waals surface area contributed by atoms with Crippen LogP contribution in [0.3, 0.4) is 0 Å². The van der Waals surface area contributed by atoms with Crippen LogP contribution in [-0.2, 0) is 0 Å². The summed E-state index contributed by atoms with van der Waals surface area (Å²) in [5.74, 6) is -0.466. The van der Waals surface area contributed by atoms with Crippen molar-refractivity contribution in [2.45, 2.75) is 26.1 Å².